The number of rotatable bonds is 3. The highest BCUT2D eigenvalue weighted by Crippen LogP contribution is 2.42. The van der Waals surface area contributed by atoms with Gasteiger partial charge in [0, 0.05) is 28.5 Å². The quantitative estimate of drug-likeness (QED) is 0.581. The topological polar surface area (TPSA) is 32.7 Å². The van der Waals surface area contributed by atoms with Gasteiger partial charge < -0.3 is 0 Å². The minimum Gasteiger partial charge on any atom is -0.281 e. The minimum atomic E-state index is -0.257. The van der Waals surface area contributed by atoms with Gasteiger partial charge in [-0.25, -0.2) is 9.38 Å². The van der Waals surface area contributed by atoms with Gasteiger partial charge in [-0.2, -0.15) is 0 Å². The molecule has 3 nitrogen and oxygen atoms in total. The molecule has 2 aromatic carbocycles. The molecule has 3 rings (SSSR count). The van der Waals surface area contributed by atoms with Crippen LogP contribution in [0.25, 0.3) is 10.8 Å². The van der Waals surface area contributed by atoms with Crippen LogP contribution in [0.1, 0.15) is 27.2 Å². The molecular weight excluding hydrogens is 379 g/mol. The number of nitrogens with zero attached hydrogens (tertiary/aromatic N) is 2. The molecule has 1 saturated heterocycles. The first-order valence-corrected chi connectivity index (χ1v) is 11.4. The molecule has 1 aliphatic heterocycles. The second-order valence-corrected chi connectivity index (χ2v) is 8.92. The summed E-state index contributed by atoms with van der Waals surface area (Å²) in [6, 6.07) is 10.5. The van der Waals surface area contributed by atoms with Crippen LogP contribution < -0.4 is 0 Å². The Balaban J connectivity index is 2.05. The van der Waals surface area contributed by atoms with E-state index in [2.05, 4.69) is 20.8 Å². The molecule has 144 valence electrons. The molecule has 6 heteroatoms. The van der Waals surface area contributed by atoms with Crippen molar-refractivity contribution in [2.75, 3.05) is 18.6 Å². The number of fused-ring (bicyclic) bond motifs is 1. The largest absolute Gasteiger partial charge is 0.287 e. The zero-order valence-corrected chi connectivity index (χ0v) is 17.8. The Bertz CT molecular complexity index is 884. The van der Waals surface area contributed by atoms with Crippen LogP contribution in [0.15, 0.2) is 41.4 Å². The number of amides is 1. The molecular formula is C21H25FN2OS2. The van der Waals surface area contributed by atoms with Crippen LogP contribution in [0.3, 0.4) is 0 Å². The normalized spacial score (nSPS) is 22.0. The smallest absolute Gasteiger partial charge is 0.281 e. The van der Waals surface area contributed by atoms with Crippen LogP contribution in [0.2, 0.25) is 0 Å². The maximum atomic E-state index is 14.1. The van der Waals surface area contributed by atoms with Crippen LogP contribution in [0, 0.1) is 17.2 Å². The molecule has 0 N–H and O–H groups in total. The standard InChI is InChI=1S/C21H25FN2OS2/c1-5-21(14(2)3)12-24(20(25)26-4)19(27-13-21)23-18-11-10-17(22)15-8-6-7-9-16(15)18/h6-11,14H,5,12-13H2,1-4H3. The van der Waals surface area contributed by atoms with Crippen LogP contribution in [-0.4, -0.2) is 33.9 Å². The van der Waals surface area contributed by atoms with E-state index in [0.717, 1.165) is 17.6 Å². The first kappa shape index (κ1) is 20.2. The van der Waals surface area contributed by atoms with Crippen molar-refractivity contribution in [3.8, 4) is 0 Å². The van der Waals surface area contributed by atoms with E-state index in [1.165, 1.54) is 17.8 Å². The number of hydrogen-bond acceptors (Lipinski definition) is 4. The monoisotopic (exact) mass is 404 g/mol. The lowest BCUT2D eigenvalue weighted by atomic mass is 9.76. The van der Waals surface area contributed by atoms with E-state index in [9.17, 15) is 9.18 Å². The Labute approximate surface area is 168 Å². The van der Waals surface area contributed by atoms with Crippen molar-refractivity contribution in [1.82, 2.24) is 4.90 Å². The number of carbonyl (C=O) groups is 1. The first-order chi connectivity index (χ1) is 12.9. The van der Waals surface area contributed by atoms with Crippen LogP contribution >= 0.6 is 23.5 Å². The zero-order valence-electron chi connectivity index (χ0n) is 16.2. The Kier molecular flexibility index (Phi) is 6.16. The zero-order chi connectivity index (χ0) is 19.6. The molecule has 1 unspecified atom stereocenters. The number of hydrogen-bond donors (Lipinski definition) is 0. The molecule has 0 saturated carbocycles. The third-order valence-electron chi connectivity index (χ3n) is 5.58. The summed E-state index contributed by atoms with van der Waals surface area (Å²) in [5.74, 6) is 1.14. The van der Waals surface area contributed by atoms with Crippen LogP contribution in [0.4, 0.5) is 14.9 Å². The van der Waals surface area contributed by atoms with Crippen molar-refractivity contribution in [1.29, 1.82) is 0 Å². The average molecular weight is 405 g/mol. The molecule has 1 atom stereocenters. The number of benzene rings is 2. The SMILES string of the molecule is CCC1(C(C)C)CSC(=Nc2ccc(F)c3ccccc23)N(C(=O)SC)C1. The van der Waals surface area contributed by atoms with E-state index in [0.29, 0.717) is 28.7 Å². The second-order valence-electron chi connectivity index (χ2n) is 7.22. The lowest BCUT2D eigenvalue weighted by molar-refractivity contribution is 0.166. The van der Waals surface area contributed by atoms with Gasteiger partial charge >= 0.3 is 0 Å². The summed E-state index contributed by atoms with van der Waals surface area (Å²) in [6.07, 6.45) is 2.82. The van der Waals surface area contributed by atoms with Crippen molar-refractivity contribution >= 4 is 50.4 Å². The van der Waals surface area contributed by atoms with Crippen molar-refractivity contribution in [2.24, 2.45) is 16.3 Å². The molecule has 1 amide bonds. The van der Waals surface area contributed by atoms with Gasteiger partial charge in [0.1, 0.15) is 5.82 Å². The number of halogens is 1. The fourth-order valence-electron chi connectivity index (χ4n) is 3.48. The van der Waals surface area contributed by atoms with Crippen LogP contribution in [-0.2, 0) is 0 Å². The molecule has 0 spiro atoms. The molecule has 27 heavy (non-hydrogen) atoms. The van der Waals surface area contributed by atoms with Gasteiger partial charge in [0.2, 0.25) is 0 Å². The fourth-order valence-corrected chi connectivity index (χ4v) is 5.42. The summed E-state index contributed by atoms with van der Waals surface area (Å²) < 4.78 is 14.1. The highest BCUT2D eigenvalue weighted by atomic mass is 32.2. The Morgan fingerprint density at radius 1 is 1.30 bits per heavy atom. The Hall–Kier alpha value is -1.53. The molecule has 2 aromatic rings. The highest BCUT2D eigenvalue weighted by molar-refractivity contribution is 8.15. The van der Waals surface area contributed by atoms with Gasteiger partial charge in [0.05, 0.1) is 5.69 Å². The molecule has 1 heterocycles. The predicted octanol–water partition coefficient (Wildman–Crippen LogP) is 6.55. The van der Waals surface area contributed by atoms with Gasteiger partial charge in [-0.05, 0) is 30.7 Å². The lowest BCUT2D eigenvalue weighted by Crippen LogP contribution is -2.50. The Morgan fingerprint density at radius 3 is 2.63 bits per heavy atom. The van der Waals surface area contributed by atoms with Gasteiger partial charge in [0.15, 0.2) is 5.17 Å². The van der Waals surface area contributed by atoms with Crippen molar-refractivity contribution in [3.05, 3.63) is 42.2 Å². The molecule has 0 aliphatic carbocycles. The van der Waals surface area contributed by atoms with E-state index < -0.39 is 0 Å². The maximum absolute atomic E-state index is 14.1. The maximum Gasteiger partial charge on any atom is 0.287 e. The summed E-state index contributed by atoms with van der Waals surface area (Å²) in [5, 5.41) is 2.02. The lowest BCUT2D eigenvalue weighted by Gasteiger charge is -2.44. The predicted molar refractivity (Wildman–Crippen MR) is 117 cm³/mol. The van der Waals surface area contributed by atoms with E-state index in [1.807, 2.05) is 18.2 Å². The summed E-state index contributed by atoms with van der Waals surface area (Å²) in [7, 11) is 0. The van der Waals surface area contributed by atoms with Crippen LogP contribution in [0.5, 0.6) is 0 Å². The van der Waals surface area contributed by atoms with E-state index in [4.69, 9.17) is 4.99 Å². The Morgan fingerprint density at radius 2 is 2.00 bits per heavy atom. The number of carbonyl (C=O) groups excluding carboxylic acids is 1. The molecule has 0 radical (unpaired) electrons. The van der Waals surface area contributed by atoms with Gasteiger partial charge in [-0.1, -0.05) is 68.6 Å². The first-order valence-electron chi connectivity index (χ1n) is 9.16. The number of aliphatic imine (C=N–C) groups is 1. The van der Waals surface area contributed by atoms with Crippen molar-refractivity contribution in [2.45, 2.75) is 27.2 Å². The van der Waals surface area contributed by atoms with Crippen molar-refractivity contribution < 1.29 is 9.18 Å². The summed E-state index contributed by atoms with van der Waals surface area (Å²) in [6.45, 7) is 7.31. The van der Waals surface area contributed by atoms with E-state index >= 15 is 0 Å². The number of thioether (sulfide) groups is 2. The molecule has 1 fully saturated rings. The van der Waals surface area contributed by atoms with Gasteiger partial charge in [-0.3, -0.25) is 9.69 Å². The highest BCUT2D eigenvalue weighted by Gasteiger charge is 2.41. The van der Waals surface area contributed by atoms with E-state index in [-0.39, 0.29) is 16.5 Å². The molecule has 0 aromatic heterocycles. The van der Waals surface area contributed by atoms with Crippen molar-refractivity contribution in [3.63, 3.8) is 0 Å². The molecule has 0 bridgehead atoms. The average Bonchev–Trinajstić information content (AvgIpc) is 2.69. The van der Waals surface area contributed by atoms with E-state index in [1.54, 1.807) is 35.1 Å². The second kappa shape index (κ2) is 8.23. The minimum absolute atomic E-state index is 0.00541. The third kappa shape index (κ3) is 3.87. The fraction of sp³-hybridized carbons (Fsp3) is 0.429. The number of amidine groups is 1. The third-order valence-corrected chi connectivity index (χ3v) is 7.44. The summed E-state index contributed by atoms with van der Waals surface area (Å²) >= 11 is 2.84. The molecule has 1 aliphatic rings. The van der Waals surface area contributed by atoms with Gasteiger partial charge in [-0.15, -0.1) is 0 Å². The summed E-state index contributed by atoms with van der Waals surface area (Å²) in [4.78, 5) is 19.3. The summed E-state index contributed by atoms with van der Waals surface area (Å²) in [5.41, 5.74) is 0.780. The van der Waals surface area contributed by atoms with Gasteiger partial charge in [0.25, 0.3) is 5.24 Å².